The van der Waals surface area contributed by atoms with Crippen molar-refractivity contribution in [1.82, 2.24) is 0 Å². The summed E-state index contributed by atoms with van der Waals surface area (Å²) in [5, 5.41) is 1.35. The van der Waals surface area contributed by atoms with Gasteiger partial charge in [-0.3, -0.25) is 0 Å². The summed E-state index contributed by atoms with van der Waals surface area (Å²) >= 11 is 12.2. The molecule has 18 heavy (non-hydrogen) atoms. The van der Waals surface area contributed by atoms with Crippen molar-refractivity contribution in [3.05, 3.63) is 63.1 Å². The molecule has 0 fully saturated rings. The topological polar surface area (TPSA) is 0 Å². The number of halogens is 2. The minimum Gasteiger partial charge on any atom is -0.0843 e. The van der Waals surface area contributed by atoms with Gasteiger partial charge in [-0.05, 0) is 53.8 Å². The highest BCUT2D eigenvalue weighted by Gasteiger charge is 2.14. The number of fused-ring (bicyclic) bond motifs is 1. The van der Waals surface area contributed by atoms with Crippen LogP contribution in [0.25, 0.3) is 17.2 Å². The summed E-state index contributed by atoms with van der Waals surface area (Å²) in [5.41, 5.74) is 6.35. The van der Waals surface area contributed by atoms with Gasteiger partial charge in [0.2, 0.25) is 0 Å². The van der Waals surface area contributed by atoms with E-state index in [0.29, 0.717) is 10.0 Å². The molecule has 0 atom stereocenters. The summed E-state index contributed by atoms with van der Waals surface area (Å²) < 4.78 is 0. The monoisotopic (exact) mass is 274 g/mol. The highest BCUT2D eigenvalue weighted by Crippen LogP contribution is 2.35. The summed E-state index contributed by atoms with van der Waals surface area (Å²) in [6.45, 7) is 2.16. The number of rotatable bonds is 1. The molecule has 90 valence electrons. The molecule has 0 radical (unpaired) electrons. The van der Waals surface area contributed by atoms with E-state index in [1.165, 1.54) is 22.3 Å². The fourth-order valence-electron chi connectivity index (χ4n) is 2.50. The second-order valence-corrected chi connectivity index (χ2v) is 5.58. The van der Waals surface area contributed by atoms with Crippen LogP contribution in [0.15, 0.2) is 42.0 Å². The van der Waals surface area contributed by atoms with E-state index in [9.17, 15) is 0 Å². The molecule has 0 N–H and O–H groups in total. The standard InChI is InChI=1S/C16H12Cl2/c1-10-5-11-3-2-4-15(16(11)6-10)12-7-13(17)9-14(18)8-12/h2-4,6-9H,5H2,1H3. The molecule has 0 aliphatic heterocycles. The molecule has 0 aromatic heterocycles. The van der Waals surface area contributed by atoms with Crippen LogP contribution < -0.4 is 0 Å². The molecular weight excluding hydrogens is 263 g/mol. The molecule has 2 aromatic rings. The Morgan fingerprint density at radius 1 is 1.00 bits per heavy atom. The third kappa shape index (κ3) is 2.07. The first-order valence-electron chi connectivity index (χ1n) is 5.89. The van der Waals surface area contributed by atoms with E-state index in [-0.39, 0.29) is 0 Å². The second-order valence-electron chi connectivity index (χ2n) is 4.70. The molecule has 1 aliphatic carbocycles. The van der Waals surface area contributed by atoms with Crippen molar-refractivity contribution in [3.8, 4) is 11.1 Å². The largest absolute Gasteiger partial charge is 0.0843 e. The van der Waals surface area contributed by atoms with Gasteiger partial charge in [0.15, 0.2) is 0 Å². The molecule has 0 amide bonds. The first-order chi connectivity index (χ1) is 8.63. The van der Waals surface area contributed by atoms with Gasteiger partial charge in [-0.15, -0.1) is 0 Å². The number of hydrogen-bond acceptors (Lipinski definition) is 0. The molecule has 0 spiro atoms. The maximum Gasteiger partial charge on any atom is 0.0426 e. The zero-order valence-corrected chi connectivity index (χ0v) is 11.5. The second kappa shape index (κ2) is 4.46. The third-order valence-corrected chi connectivity index (χ3v) is 3.67. The Hall–Kier alpha value is -1.24. The number of hydrogen-bond donors (Lipinski definition) is 0. The van der Waals surface area contributed by atoms with Gasteiger partial charge in [0, 0.05) is 10.0 Å². The summed E-state index contributed by atoms with van der Waals surface area (Å²) in [4.78, 5) is 0. The van der Waals surface area contributed by atoms with Crippen molar-refractivity contribution in [1.29, 1.82) is 0 Å². The van der Waals surface area contributed by atoms with Crippen molar-refractivity contribution in [2.45, 2.75) is 13.3 Å². The molecule has 0 nitrogen and oxygen atoms in total. The van der Waals surface area contributed by atoms with Crippen molar-refractivity contribution in [3.63, 3.8) is 0 Å². The van der Waals surface area contributed by atoms with Crippen molar-refractivity contribution >= 4 is 29.3 Å². The summed E-state index contributed by atoms with van der Waals surface area (Å²) in [5.74, 6) is 0. The lowest BCUT2D eigenvalue weighted by molar-refractivity contribution is 1.20. The van der Waals surface area contributed by atoms with E-state index < -0.39 is 0 Å². The Kier molecular flexibility index (Phi) is 2.93. The van der Waals surface area contributed by atoms with Crippen LogP contribution in [-0.2, 0) is 6.42 Å². The molecule has 0 bridgehead atoms. The van der Waals surface area contributed by atoms with Crippen molar-refractivity contribution < 1.29 is 0 Å². The van der Waals surface area contributed by atoms with E-state index in [4.69, 9.17) is 23.2 Å². The minimum absolute atomic E-state index is 0.675. The van der Waals surface area contributed by atoms with E-state index >= 15 is 0 Å². The minimum atomic E-state index is 0.675. The van der Waals surface area contributed by atoms with Crippen molar-refractivity contribution in [2.24, 2.45) is 0 Å². The molecule has 0 saturated carbocycles. The average molecular weight is 275 g/mol. The molecule has 3 rings (SSSR count). The van der Waals surface area contributed by atoms with Gasteiger partial charge in [0.05, 0.1) is 0 Å². The van der Waals surface area contributed by atoms with Crippen LogP contribution in [0.1, 0.15) is 18.1 Å². The van der Waals surface area contributed by atoms with E-state index in [1.807, 2.05) is 12.1 Å². The number of benzene rings is 2. The summed E-state index contributed by atoms with van der Waals surface area (Å²) in [6.07, 6.45) is 3.29. The van der Waals surface area contributed by atoms with E-state index in [0.717, 1.165) is 12.0 Å². The highest BCUT2D eigenvalue weighted by atomic mass is 35.5. The molecular formula is C16H12Cl2. The summed E-state index contributed by atoms with van der Waals surface area (Å²) in [7, 11) is 0. The predicted octanol–water partition coefficient (Wildman–Crippen LogP) is 5.62. The first kappa shape index (κ1) is 11.8. The smallest absolute Gasteiger partial charge is 0.0426 e. The Bertz CT molecular complexity index is 634. The summed E-state index contributed by atoms with van der Waals surface area (Å²) in [6, 6.07) is 12.1. The molecule has 0 heterocycles. The fraction of sp³-hybridized carbons (Fsp3) is 0.125. The quantitative estimate of drug-likeness (QED) is 0.633. The van der Waals surface area contributed by atoms with Gasteiger partial charge < -0.3 is 0 Å². The van der Waals surface area contributed by atoms with Gasteiger partial charge >= 0.3 is 0 Å². The first-order valence-corrected chi connectivity index (χ1v) is 6.64. The lowest BCUT2D eigenvalue weighted by atomic mass is 9.97. The predicted molar refractivity (Wildman–Crippen MR) is 79.3 cm³/mol. The Morgan fingerprint density at radius 3 is 2.44 bits per heavy atom. The average Bonchev–Trinajstić information content (AvgIpc) is 2.67. The van der Waals surface area contributed by atoms with Gasteiger partial charge in [-0.2, -0.15) is 0 Å². The van der Waals surface area contributed by atoms with Gasteiger partial charge in [0.1, 0.15) is 0 Å². The van der Waals surface area contributed by atoms with Gasteiger partial charge in [-0.1, -0.05) is 53.1 Å². The Morgan fingerprint density at radius 2 is 1.72 bits per heavy atom. The Balaban J connectivity index is 2.21. The zero-order chi connectivity index (χ0) is 12.7. The fourth-order valence-corrected chi connectivity index (χ4v) is 3.02. The molecule has 0 saturated heterocycles. The van der Waals surface area contributed by atoms with Gasteiger partial charge in [-0.25, -0.2) is 0 Å². The highest BCUT2D eigenvalue weighted by molar-refractivity contribution is 6.35. The van der Waals surface area contributed by atoms with Crippen LogP contribution in [0.4, 0.5) is 0 Å². The zero-order valence-electron chi connectivity index (χ0n) is 10.0. The number of allylic oxidation sites excluding steroid dienone is 1. The van der Waals surface area contributed by atoms with Crippen LogP contribution in [0.3, 0.4) is 0 Å². The maximum absolute atomic E-state index is 6.08. The SMILES string of the molecule is CC1=Cc2c(cccc2-c2cc(Cl)cc(Cl)c2)C1. The van der Waals surface area contributed by atoms with Crippen molar-refractivity contribution in [2.75, 3.05) is 0 Å². The molecule has 2 heteroatoms. The lowest BCUT2D eigenvalue weighted by Crippen LogP contribution is -1.87. The van der Waals surface area contributed by atoms with Crippen LogP contribution in [0, 0.1) is 0 Å². The Labute approximate surface area is 117 Å². The molecule has 0 unspecified atom stereocenters. The van der Waals surface area contributed by atoms with Crippen LogP contribution >= 0.6 is 23.2 Å². The normalized spacial score (nSPS) is 13.4. The lowest BCUT2D eigenvalue weighted by Gasteiger charge is -2.09. The third-order valence-electron chi connectivity index (χ3n) is 3.23. The van der Waals surface area contributed by atoms with Crippen LogP contribution in [-0.4, -0.2) is 0 Å². The maximum atomic E-state index is 6.08. The van der Waals surface area contributed by atoms with E-state index in [2.05, 4.69) is 31.2 Å². The molecule has 2 aromatic carbocycles. The van der Waals surface area contributed by atoms with Crippen LogP contribution in [0.5, 0.6) is 0 Å². The molecule has 1 aliphatic rings. The van der Waals surface area contributed by atoms with Gasteiger partial charge in [0.25, 0.3) is 0 Å². The van der Waals surface area contributed by atoms with E-state index in [1.54, 1.807) is 6.07 Å². The van der Waals surface area contributed by atoms with Crippen LogP contribution in [0.2, 0.25) is 10.0 Å².